The molecule has 0 bridgehead atoms. The Kier molecular flexibility index (Phi) is 4.89. The van der Waals surface area contributed by atoms with Gasteiger partial charge in [0.2, 0.25) is 0 Å². The first-order valence-electron chi connectivity index (χ1n) is 9.24. The number of hydrogen-bond acceptors (Lipinski definition) is 3. The number of halogens is 1. The van der Waals surface area contributed by atoms with Crippen molar-refractivity contribution in [2.45, 2.75) is 25.7 Å². The minimum atomic E-state index is -0.402. The van der Waals surface area contributed by atoms with E-state index >= 15 is 0 Å². The maximum absolute atomic E-state index is 13.0. The van der Waals surface area contributed by atoms with E-state index in [9.17, 15) is 9.18 Å². The van der Waals surface area contributed by atoms with Gasteiger partial charge in [0, 0.05) is 6.54 Å². The van der Waals surface area contributed by atoms with Gasteiger partial charge in [-0.3, -0.25) is 4.98 Å². The number of fused-ring (bicyclic) bond motifs is 1. The fraction of sp³-hybridized carbons (Fsp3) is 0.381. The van der Waals surface area contributed by atoms with Gasteiger partial charge in [-0.1, -0.05) is 18.2 Å². The van der Waals surface area contributed by atoms with Crippen LogP contribution in [0.1, 0.15) is 24.0 Å². The van der Waals surface area contributed by atoms with Gasteiger partial charge < -0.3 is 9.32 Å². The van der Waals surface area contributed by atoms with Crippen molar-refractivity contribution in [2.24, 2.45) is 5.92 Å². The smallest absolute Gasteiger partial charge is 0.408 e. The number of likely N-dealkylation sites (tertiary alicyclic amines) is 1. The van der Waals surface area contributed by atoms with Crippen LogP contribution >= 0.6 is 0 Å². The van der Waals surface area contributed by atoms with Gasteiger partial charge in [-0.25, -0.2) is 9.18 Å². The number of oxazole rings is 1. The molecule has 2 heterocycles. The van der Waals surface area contributed by atoms with Gasteiger partial charge in [-0.15, -0.1) is 0 Å². The molecule has 5 heteroatoms. The Morgan fingerprint density at radius 1 is 1.08 bits per heavy atom. The third kappa shape index (κ3) is 4.05. The first kappa shape index (κ1) is 17.0. The molecule has 1 aliphatic heterocycles. The molecule has 0 spiro atoms. The maximum Gasteiger partial charge on any atom is 0.417 e. The molecule has 0 aliphatic carbocycles. The van der Waals surface area contributed by atoms with Crippen molar-refractivity contribution in [1.29, 1.82) is 0 Å². The summed E-state index contributed by atoms with van der Waals surface area (Å²) in [5.41, 5.74) is 3.80. The normalized spacial score (nSPS) is 16.3. The molecule has 1 aromatic heterocycles. The highest BCUT2D eigenvalue weighted by Crippen LogP contribution is 2.22. The van der Waals surface area contributed by atoms with E-state index in [1.807, 2.05) is 24.3 Å². The summed E-state index contributed by atoms with van der Waals surface area (Å²) in [6, 6.07) is 12.8. The van der Waals surface area contributed by atoms with Crippen molar-refractivity contribution in [3.8, 4) is 0 Å². The van der Waals surface area contributed by atoms with E-state index in [4.69, 9.17) is 4.42 Å². The molecule has 0 atom stereocenters. The summed E-state index contributed by atoms with van der Waals surface area (Å²) in [4.78, 5) is 16.4. The van der Waals surface area contributed by atoms with E-state index in [1.54, 1.807) is 12.1 Å². The zero-order chi connectivity index (χ0) is 17.9. The van der Waals surface area contributed by atoms with E-state index in [2.05, 4.69) is 16.0 Å². The summed E-state index contributed by atoms with van der Waals surface area (Å²) in [5.74, 6) is 0.114. The molecule has 136 valence electrons. The summed E-state index contributed by atoms with van der Waals surface area (Å²) >= 11 is 0. The number of benzene rings is 2. The highest BCUT2D eigenvalue weighted by atomic mass is 19.1. The second-order valence-electron chi connectivity index (χ2n) is 7.21. The molecule has 1 saturated heterocycles. The number of H-pyrrole nitrogens is 1. The Balaban J connectivity index is 1.26. The molecule has 3 aromatic rings. The standard InChI is InChI=1S/C21H23FN2O2/c22-18-4-1-15(2-5-18)13-17-8-11-24(12-9-17)10-7-16-3-6-19-20(14-16)26-21(25)23-19/h1-6,14,17H,7-13H2,(H,23,25). The molecule has 1 aliphatic rings. The van der Waals surface area contributed by atoms with E-state index < -0.39 is 5.76 Å². The molecular weight excluding hydrogens is 331 g/mol. The molecule has 4 nitrogen and oxygen atoms in total. The highest BCUT2D eigenvalue weighted by Gasteiger charge is 2.19. The summed E-state index contributed by atoms with van der Waals surface area (Å²) in [7, 11) is 0. The van der Waals surface area contributed by atoms with Crippen LogP contribution in [-0.2, 0) is 12.8 Å². The third-order valence-electron chi connectivity index (χ3n) is 5.35. The molecular formula is C21H23FN2O2. The van der Waals surface area contributed by atoms with Crippen LogP contribution in [-0.4, -0.2) is 29.5 Å². The van der Waals surface area contributed by atoms with Crippen molar-refractivity contribution in [3.05, 3.63) is 70.0 Å². The summed E-state index contributed by atoms with van der Waals surface area (Å²) < 4.78 is 18.1. The molecule has 0 unspecified atom stereocenters. The van der Waals surface area contributed by atoms with Gasteiger partial charge in [0.05, 0.1) is 5.52 Å². The first-order chi connectivity index (χ1) is 12.7. The summed E-state index contributed by atoms with van der Waals surface area (Å²) in [5, 5.41) is 0. The number of aromatic nitrogens is 1. The van der Waals surface area contributed by atoms with Crippen molar-refractivity contribution in [3.63, 3.8) is 0 Å². The predicted molar refractivity (Wildman–Crippen MR) is 99.8 cm³/mol. The van der Waals surface area contributed by atoms with E-state index in [0.717, 1.165) is 38.0 Å². The monoisotopic (exact) mass is 354 g/mol. The molecule has 0 radical (unpaired) electrons. The Morgan fingerprint density at radius 3 is 2.58 bits per heavy atom. The van der Waals surface area contributed by atoms with Crippen molar-refractivity contribution in [2.75, 3.05) is 19.6 Å². The van der Waals surface area contributed by atoms with Crippen LogP contribution in [0, 0.1) is 11.7 Å². The molecule has 4 rings (SSSR count). The summed E-state index contributed by atoms with van der Waals surface area (Å²) in [6.07, 6.45) is 4.36. The van der Waals surface area contributed by atoms with Crippen LogP contribution < -0.4 is 5.76 Å². The fourth-order valence-corrected chi connectivity index (χ4v) is 3.80. The lowest BCUT2D eigenvalue weighted by Crippen LogP contribution is -2.35. The minimum Gasteiger partial charge on any atom is -0.408 e. The molecule has 0 amide bonds. The van der Waals surface area contributed by atoms with Gasteiger partial charge in [-0.2, -0.15) is 0 Å². The lowest BCUT2D eigenvalue weighted by atomic mass is 9.90. The van der Waals surface area contributed by atoms with Gasteiger partial charge in [-0.05, 0) is 80.1 Å². The maximum atomic E-state index is 13.0. The van der Waals surface area contributed by atoms with Crippen molar-refractivity contribution >= 4 is 11.1 Å². The third-order valence-corrected chi connectivity index (χ3v) is 5.35. The molecule has 1 N–H and O–H groups in total. The SMILES string of the molecule is O=c1[nH]c2ccc(CCN3CCC(Cc4ccc(F)cc4)CC3)cc2o1. The van der Waals surface area contributed by atoms with Crippen LogP contribution in [0.25, 0.3) is 11.1 Å². The average Bonchev–Trinajstić information content (AvgIpc) is 3.02. The van der Waals surface area contributed by atoms with Gasteiger partial charge in [0.15, 0.2) is 5.58 Å². The van der Waals surface area contributed by atoms with E-state index in [-0.39, 0.29) is 5.82 Å². The minimum absolute atomic E-state index is 0.166. The number of nitrogens with zero attached hydrogens (tertiary/aromatic N) is 1. The molecule has 1 fully saturated rings. The quantitative estimate of drug-likeness (QED) is 0.759. The molecule has 2 aromatic carbocycles. The topological polar surface area (TPSA) is 49.2 Å². The number of nitrogens with one attached hydrogen (secondary N) is 1. The Bertz CT molecular complexity index is 921. The second-order valence-corrected chi connectivity index (χ2v) is 7.21. The zero-order valence-electron chi connectivity index (χ0n) is 14.7. The number of hydrogen-bond donors (Lipinski definition) is 1. The lowest BCUT2D eigenvalue weighted by Gasteiger charge is -2.32. The second kappa shape index (κ2) is 7.46. The van der Waals surface area contributed by atoms with Gasteiger partial charge in [0.25, 0.3) is 0 Å². The van der Waals surface area contributed by atoms with Crippen molar-refractivity contribution < 1.29 is 8.81 Å². The van der Waals surface area contributed by atoms with Crippen LogP contribution in [0.3, 0.4) is 0 Å². The van der Waals surface area contributed by atoms with Gasteiger partial charge >= 0.3 is 5.76 Å². The Morgan fingerprint density at radius 2 is 1.81 bits per heavy atom. The number of rotatable bonds is 5. The number of piperidine rings is 1. The highest BCUT2D eigenvalue weighted by molar-refractivity contribution is 5.72. The van der Waals surface area contributed by atoms with Crippen LogP contribution in [0.2, 0.25) is 0 Å². The Hall–Kier alpha value is -2.40. The molecule has 0 saturated carbocycles. The largest absolute Gasteiger partial charge is 0.417 e. The average molecular weight is 354 g/mol. The van der Waals surface area contributed by atoms with Crippen LogP contribution in [0.4, 0.5) is 4.39 Å². The van der Waals surface area contributed by atoms with E-state index in [0.29, 0.717) is 11.5 Å². The van der Waals surface area contributed by atoms with Gasteiger partial charge in [0.1, 0.15) is 5.82 Å². The Labute approximate surface area is 151 Å². The summed E-state index contributed by atoms with van der Waals surface area (Å²) in [6.45, 7) is 3.23. The fourth-order valence-electron chi connectivity index (χ4n) is 3.80. The lowest BCUT2D eigenvalue weighted by molar-refractivity contribution is 0.186. The first-order valence-corrected chi connectivity index (χ1v) is 9.24. The number of aromatic amines is 1. The van der Waals surface area contributed by atoms with Crippen LogP contribution in [0.5, 0.6) is 0 Å². The zero-order valence-corrected chi connectivity index (χ0v) is 14.7. The predicted octanol–water partition coefficient (Wildman–Crippen LogP) is 3.76. The van der Waals surface area contributed by atoms with E-state index in [1.165, 1.54) is 24.0 Å². The van der Waals surface area contributed by atoms with Crippen molar-refractivity contribution in [1.82, 2.24) is 9.88 Å². The molecule has 26 heavy (non-hydrogen) atoms. The van der Waals surface area contributed by atoms with Crippen LogP contribution in [0.15, 0.2) is 51.7 Å².